The number of carboxylic acid groups (broad SMARTS) is 2. The average molecular weight is 412 g/mol. The van der Waals surface area contributed by atoms with Crippen molar-refractivity contribution in [1.82, 2.24) is 0 Å². The SMILES string of the molecule is CC(=O)[O-].CC(=O)[O-].O=C(OI)c1ccccc1.[Na+].[Na+]. The Kier molecular flexibility index (Phi) is 27.6. The number of carboxylic acids is 2. The van der Waals surface area contributed by atoms with Gasteiger partial charge in [-0.2, -0.15) is 0 Å². The number of carbonyl (C=O) groups excluding carboxylic acids is 3. The van der Waals surface area contributed by atoms with E-state index in [1.807, 2.05) is 6.07 Å². The van der Waals surface area contributed by atoms with Crippen molar-refractivity contribution < 1.29 is 86.8 Å². The number of hydrogen-bond acceptors (Lipinski definition) is 6. The van der Waals surface area contributed by atoms with E-state index in [1.165, 1.54) is 0 Å². The third-order valence-corrected chi connectivity index (χ3v) is 1.48. The molecular weight excluding hydrogens is 401 g/mol. The van der Waals surface area contributed by atoms with Gasteiger partial charge in [-0.25, -0.2) is 4.79 Å². The first-order valence-corrected chi connectivity index (χ1v) is 5.42. The Morgan fingerprint density at radius 2 is 1.25 bits per heavy atom. The fraction of sp³-hybridized carbons (Fsp3) is 0.182. The van der Waals surface area contributed by atoms with E-state index in [0.29, 0.717) is 5.56 Å². The Labute approximate surface area is 175 Å². The van der Waals surface area contributed by atoms with Crippen LogP contribution < -0.4 is 69.3 Å². The van der Waals surface area contributed by atoms with E-state index in [2.05, 4.69) is 3.07 Å². The Morgan fingerprint density at radius 3 is 1.50 bits per heavy atom. The summed E-state index contributed by atoms with van der Waals surface area (Å²) < 4.78 is 4.47. The van der Waals surface area contributed by atoms with Crippen LogP contribution in [0.5, 0.6) is 0 Å². The zero-order chi connectivity index (χ0) is 14.6. The van der Waals surface area contributed by atoms with Crippen LogP contribution in [0.4, 0.5) is 0 Å². The van der Waals surface area contributed by atoms with Gasteiger partial charge in [-0.15, -0.1) is 0 Å². The summed E-state index contributed by atoms with van der Waals surface area (Å²) in [6, 6.07) is 8.86. The third-order valence-electron chi connectivity index (χ3n) is 1.08. The molecule has 1 rings (SSSR count). The summed E-state index contributed by atoms with van der Waals surface area (Å²) in [6.45, 7) is 1.94. The first kappa shape index (κ1) is 28.5. The van der Waals surface area contributed by atoms with E-state index in [0.717, 1.165) is 13.8 Å². The van der Waals surface area contributed by atoms with Crippen LogP contribution in [-0.2, 0) is 12.7 Å². The first-order chi connectivity index (χ1) is 8.31. The van der Waals surface area contributed by atoms with Crippen LogP contribution in [0.25, 0.3) is 0 Å². The summed E-state index contributed by atoms with van der Waals surface area (Å²) in [5.41, 5.74) is 0.580. The summed E-state index contributed by atoms with van der Waals surface area (Å²) in [4.78, 5) is 28.6. The molecule has 0 bridgehead atoms. The van der Waals surface area contributed by atoms with Crippen molar-refractivity contribution in [3.8, 4) is 0 Å². The second-order valence-corrected chi connectivity index (χ2v) is 3.15. The van der Waals surface area contributed by atoms with Crippen molar-refractivity contribution in [2.24, 2.45) is 0 Å². The first-order valence-electron chi connectivity index (χ1n) is 4.54. The van der Waals surface area contributed by atoms with Crippen LogP contribution in [0.3, 0.4) is 0 Å². The van der Waals surface area contributed by atoms with Crippen LogP contribution in [0, 0.1) is 0 Å². The number of aliphatic carboxylic acids is 2. The quantitative estimate of drug-likeness (QED) is 0.336. The smallest absolute Gasteiger partial charge is 0.550 e. The predicted octanol–water partition coefficient (Wildman–Crippen LogP) is -6.29. The topological polar surface area (TPSA) is 107 Å². The summed E-state index contributed by atoms with van der Waals surface area (Å²) in [5, 5.41) is 17.8. The Bertz CT molecular complexity index is 366. The zero-order valence-electron chi connectivity index (χ0n) is 11.7. The molecule has 0 radical (unpaired) electrons. The normalized spacial score (nSPS) is 6.95. The second-order valence-electron chi connectivity index (χ2n) is 2.71. The summed E-state index contributed by atoms with van der Waals surface area (Å²) >= 11 is 1.57. The maximum atomic E-state index is 10.8. The molecule has 100 valence electrons. The predicted molar refractivity (Wildman–Crippen MR) is 67.2 cm³/mol. The molecule has 0 saturated carbocycles. The van der Waals surface area contributed by atoms with E-state index in [9.17, 15) is 4.79 Å². The van der Waals surface area contributed by atoms with Gasteiger partial charge in [0.05, 0.1) is 5.56 Å². The molecule has 0 aliphatic carbocycles. The van der Waals surface area contributed by atoms with Crippen molar-refractivity contribution in [2.45, 2.75) is 13.8 Å². The number of benzene rings is 1. The van der Waals surface area contributed by atoms with Gasteiger partial charge in [-0.3, -0.25) is 0 Å². The van der Waals surface area contributed by atoms with Crippen molar-refractivity contribution in [2.75, 3.05) is 0 Å². The molecule has 0 aromatic heterocycles. The van der Waals surface area contributed by atoms with Crippen LogP contribution in [0.15, 0.2) is 30.3 Å². The number of carbonyl (C=O) groups is 3. The minimum Gasteiger partial charge on any atom is -0.550 e. The van der Waals surface area contributed by atoms with E-state index >= 15 is 0 Å². The molecule has 6 nitrogen and oxygen atoms in total. The largest absolute Gasteiger partial charge is 1.00 e. The molecule has 1 aromatic rings. The standard InChI is InChI=1S/C7H5IO2.2C2H4O2.2Na/c8-10-7(9)6-4-2-1-3-5-6;2*1-2(3)4;;/h1-5H;2*1H3,(H,3,4);;/q;;;2*+1/p-2. The molecule has 1 aromatic carbocycles. The fourth-order valence-electron chi connectivity index (χ4n) is 0.619. The van der Waals surface area contributed by atoms with Gasteiger partial charge in [0.25, 0.3) is 0 Å². The third kappa shape index (κ3) is 26.8. The zero-order valence-corrected chi connectivity index (χ0v) is 17.9. The maximum Gasteiger partial charge on any atom is 1.00 e. The summed E-state index contributed by atoms with van der Waals surface area (Å²) in [7, 11) is 0. The monoisotopic (exact) mass is 412 g/mol. The van der Waals surface area contributed by atoms with E-state index in [1.54, 1.807) is 47.3 Å². The van der Waals surface area contributed by atoms with E-state index in [-0.39, 0.29) is 65.1 Å². The van der Waals surface area contributed by atoms with Crippen LogP contribution in [0.1, 0.15) is 24.2 Å². The number of hydrogen-bond donors (Lipinski definition) is 0. The molecule has 0 atom stereocenters. The molecule has 0 spiro atoms. The Morgan fingerprint density at radius 1 is 0.950 bits per heavy atom. The molecule has 0 amide bonds. The van der Waals surface area contributed by atoms with Gasteiger partial charge in [-0.1, -0.05) is 18.2 Å². The molecule has 9 heteroatoms. The van der Waals surface area contributed by atoms with E-state index in [4.69, 9.17) is 19.8 Å². The minimum absolute atomic E-state index is 0. The number of halogens is 1. The van der Waals surface area contributed by atoms with Crippen molar-refractivity contribution in [3.63, 3.8) is 0 Å². The van der Waals surface area contributed by atoms with E-state index < -0.39 is 11.9 Å². The molecule has 0 saturated heterocycles. The van der Waals surface area contributed by atoms with Crippen LogP contribution in [-0.4, -0.2) is 17.9 Å². The summed E-state index contributed by atoms with van der Waals surface area (Å²) in [5.74, 6) is -2.47. The summed E-state index contributed by atoms with van der Waals surface area (Å²) in [6.07, 6.45) is 0. The second kappa shape index (κ2) is 19.4. The van der Waals surface area contributed by atoms with Gasteiger partial charge in [0, 0.05) is 11.9 Å². The van der Waals surface area contributed by atoms with Gasteiger partial charge in [0.15, 0.2) is 23.0 Å². The Hall–Kier alpha value is 0.360. The van der Waals surface area contributed by atoms with Crippen molar-refractivity contribution in [3.05, 3.63) is 35.9 Å². The molecule has 20 heavy (non-hydrogen) atoms. The molecule has 0 aliphatic heterocycles. The van der Waals surface area contributed by atoms with Gasteiger partial charge in [-0.05, 0) is 26.0 Å². The van der Waals surface area contributed by atoms with Crippen molar-refractivity contribution in [1.29, 1.82) is 0 Å². The Balaban J connectivity index is -0.000000110. The molecule has 0 heterocycles. The maximum absolute atomic E-state index is 10.8. The van der Waals surface area contributed by atoms with Gasteiger partial charge >= 0.3 is 65.1 Å². The molecule has 0 fully saturated rings. The van der Waals surface area contributed by atoms with Crippen molar-refractivity contribution >= 4 is 40.9 Å². The molecule has 0 aliphatic rings. The average Bonchev–Trinajstić information content (AvgIpc) is 2.28. The van der Waals surface area contributed by atoms with Crippen LogP contribution >= 0.6 is 23.0 Å². The fourth-order valence-corrected chi connectivity index (χ4v) is 0.873. The molecule has 0 N–H and O–H groups in total. The van der Waals surface area contributed by atoms with Gasteiger partial charge in [0.2, 0.25) is 0 Å². The van der Waals surface area contributed by atoms with Gasteiger partial charge in [0.1, 0.15) is 0 Å². The molecular formula is C11H11INa2O6. The van der Waals surface area contributed by atoms with Crippen LogP contribution in [0.2, 0.25) is 0 Å². The molecule has 0 unspecified atom stereocenters. The number of rotatable bonds is 1. The van der Waals surface area contributed by atoms with Gasteiger partial charge < -0.3 is 22.9 Å². The minimum atomic E-state index is -1.08.